The summed E-state index contributed by atoms with van der Waals surface area (Å²) in [4.78, 5) is 0. The van der Waals surface area contributed by atoms with E-state index >= 15 is 0 Å². The van der Waals surface area contributed by atoms with E-state index in [0.29, 0.717) is 0 Å². The first-order valence-electron chi connectivity index (χ1n) is 2.34. The number of hydrogen-bond acceptors (Lipinski definition) is 2. The summed E-state index contributed by atoms with van der Waals surface area (Å²) in [6, 6.07) is 0. The molecule has 0 spiro atoms. The zero-order valence-corrected chi connectivity index (χ0v) is 6.90. The fourth-order valence-corrected chi connectivity index (χ4v) is 1.54. The maximum atomic E-state index is 8.58. The Kier molecular flexibility index (Phi) is 2.77. The van der Waals surface area contributed by atoms with Crippen LogP contribution in [0.25, 0.3) is 0 Å². The number of rotatable bonds is 0. The Labute approximate surface area is 59.5 Å². The second kappa shape index (κ2) is 2.69. The number of hydrogen-bond donors (Lipinski definition) is 1. The van der Waals surface area contributed by atoms with Gasteiger partial charge in [0.05, 0.1) is 0 Å². The van der Waals surface area contributed by atoms with E-state index in [1.807, 2.05) is 20.8 Å². The Morgan fingerprint density at radius 1 is 1.50 bits per heavy atom. The molecule has 8 heavy (non-hydrogen) atoms. The molecule has 0 heterocycles. The fourth-order valence-electron chi connectivity index (χ4n) is 0.262. The van der Waals surface area contributed by atoms with Crippen LogP contribution in [-0.2, 0) is 0 Å². The number of thiocarbonyl (C=S) groups is 1. The van der Waals surface area contributed by atoms with Crippen molar-refractivity contribution in [3.05, 3.63) is 0 Å². The molecule has 0 aliphatic heterocycles. The Morgan fingerprint density at radius 2 is 1.88 bits per heavy atom. The molecular formula is C5H10OS2. The molecule has 3 heteroatoms. The first kappa shape index (κ1) is 8.24. The summed E-state index contributed by atoms with van der Waals surface area (Å²) in [5.41, 5.74) is 0. The Morgan fingerprint density at radius 3 is 1.88 bits per heavy atom. The van der Waals surface area contributed by atoms with Gasteiger partial charge in [0, 0.05) is 4.75 Å². The highest BCUT2D eigenvalue weighted by atomic mass is 32.2. The van der Waals surface area contributed by atoms with E-state index in [0.717, 1.165) is 0 Å². The van der Waals surface area contributed by atoms with Crippen molar-refractivity contribution >= 4 is 28.4 Å². The lowest BCUT2D eigenvalue weighted by Crippen LogP contribution is -2.09. The number of aliphatic hydroxyl groups excluding tert-OH is 1. The van der Waals surface area contributed by atoms with Gasteiger partial charge in [0.1, 0.15) is 0 Å². The van der Waals surface area contributed by atoms with Gasteiger partial charge in [-0.05, 0) is 12.2 Å². The normalized spacial score (nSPS) is 11.4. The van der Waals surface area contributed by atoms with Gasteiger partial charge in [-0.2, -0.15) is 0 Å². The van der Waals surface area contributed by atoms with Crippen molar-refractivity contribution < 1.29 is 5.11 Å². The lowest BCUT2D eigenvalue weighted by Gasteiger charge is -2.13. The van der Waals surface area contributed by atoms with E-state index in [4.69, 9.17) is 5.11 Å². The maximum absolute atomic E-state index is 8.58. The van der Waals surface area contributed by atoms with Gasteiger partial charge in [0.25, 0.3) is 0 Å². The van der Waals surface area contributed by atoms with E-state index in [1.165, 1.54) is 11.8 Å². The number of thioether (sulfide) groups is 1. The molecule has 0 aromatic carbocycles. The van der Waals surface area contributed by atoms with Gasteiger partial charge in [-0.15, -0.1) is 0 Å². The summed E-state index contributed by atoms with van der Waals surface area (Å²) in [5.74, 6) is 0. The van der Waals surface area contributed by atoms with Crippen LogP contribution in [0.15, 0.2) is 0 Å². The average molecular weight is 150 g/mol. The lowest BCUT2D eigenvalue weighted by molar-refractivity contribution is 0.584. The molecule has 48 valence electrons. The molecule has 0 aliphatic rings. The summed E-state index contributed by atoms with van der Waals surface area (Å²) in [6.07, 6.45) is 0. The molecule has 0 bridgehead atoms. The van der Waals surface area contributed by atoms with E-state index in [9.17, 15) is 0 Å². The van der Waals surface area contributed by atoms with Crippen molar-refractivity contribution in [2.24, 2.45) is 0 Å². The Bertz CT molecular complexity index is 93.1. The average Bonchev–Trinajstić information content (AvgIpc) is 1.21. The molecule has 1 N–H and O–H groups in total. The standard InChI is InChI=1S/C5H10OS2/c1-5(2,3)8-4(6)7/h1-3H3,(H,6,7). The molecule has 1 nitrogen and oxygen atoms in total. The van der Waals surface area contributed by atoms with Crippen molar-refractivity contribution in [2.75, 3.05) is 0 Å². The zero-order valence-electron chi connectivity index (χ0n) is 5.26. The minimum absolute atomic E-state index is 0.0255. The van der Waals surface area contributed by atoms with Crippen LogP contribution in [-0.4, -0.2) is 14.2 Å². The van der Waals surface area contributed by atoms with Gasteiger partial charge in [-0.25, -0.2) is 0 Å². The smallest absolute Gasteiger partial charge is 0.218 e. The van der Waals surface area contributed by atoms with Crippen LogP contribution in [0.3, 0.4) is 0 Å². The zero-order chi connectivity index (χ0) is 6.78. The Balaban J connectivity index is 3.55. The molecule has 0 amide bonds. The van der Waals surface area contributed by atoms with Crippen LogP contribution in [0.2, 0.25) is 0 Å². The van der Waals surface area contributed by atoms with Gasteiger partial charge in [-0.3, -0.25) is 0 Å². The first-order valence-corrected chi connectivity index (χ1v) is 3.56. The van der Waals surface area contributed by atoms with Crippen molar-refractivity contribution in [3.63, 3.8) is 0 Å². The highest BCUT2D eigenvalue weighted by molar-refractivity contribution is 8.23. The molecule has 0 aromatic rings. The highest BCUT2D eigenvalue weighted by Crippen LogP contribution is 2.23. The molecule has 0 aromatic heterocycles. The van der Waals surface area contributed by atoms with Crippen LogP contribution in [0, 0.1) is 0 Å². The van der Waals surface area contributed by atoms with Gasteiger partial charge < -0.3 is 5.11 Å². The second-order valence-corrected chi connectivity index (χ2v) is 4.94. The molecule has 0 fully saturated rings. The number of aliphatic hydroxyl groups is 1. The van der Waals surface area contributed by atoms with Crippen LogP contribution in [0.4, 0.5) is 0 Å². The van der Waals surface area contributed by atoms with E-state index in [2.05, 4.69) is 12.2 Å². The van der Waals surface area contributed by atoms with E-state index in [1.54, 1.807) is 0 Å². The topological polar surface area (TPSA) is 20.2 Å². The molecule has 0 saturated carbocycles. The fraction of sp³-hybridized carbons (Fsp3) is 0.800. The van der Waals surface area contributed by atoms with E-state index in [-0.39, 0.29) is 9.13 Å². The molecule has 0 aliphatic carbocycles. The molecular weight excluding hydrogens is 140 g/mol. The third kappa shape index (κ3) is 6.24. The summed E-state index contributed by atoms with van der Waals surface area (Å²) in [5, 5.41) is 8.58. The SMILES string of the molecule is CC(C)(C)SC(O)=S. The van der Waals surface area contributed by atoms with Gasteiger partial charge in [-0.1, -0.05) is 32.5 Å². The van der Waals surface area contributed by atoms with Crippen molar-refractivity contribution in [1.29, 1.82) is 0 Å². The van der Waals surface area contributed by atoms with Gasteiger partial charge >= 0.3 is 0 Å². The molecule has 0 unspecified atom stereocenters. The largest absolute Gasteiger partial charge is 0.494 e. The third-order valence-corrected chi connectivity index (χ3v) is 1.43. The molecule has 0 radical (unpaired) electrons. The molecule has 0 saturated heterocycles. The maximum Gasteiger partial charge on any atom is 0.218 e. The van der Waals surface area contributed by atoms with Crippen LogP contribution in [0.5, 0.6) is 0 Å². The minimum Gasteiger partial charge on any atom is -0.494 e. The summed E-state index contributed by atoms with van der Waals surface area (Å²) in [7, 11) is 0. The summed E-state index contributed by atoms with van der Waals surface area (Å²) < 4.78 is 0.0729. The lowest BCUT2D eigenvalue weighted by atomic mass is 10.3. The second-order valence-electron chi connectivity index (χ2n) is 2.48. The van der Waals surface area contributed by atoms with E-state index < -0.39 is 0 Å². The van der Waals surface area contributed by atoms with Gasteiger partial charge in [0.2, 0.25) is 4.38 Å². The summed E-state index contributed by atoms with van der Waals surface area (Å²) in [6.45, 7) is 6.00. The monoisotopic (exact) mass is 150 g/mol. The van der Waals surface area contributed by atoms with Crippen LogP contribution < -0.4 is 0 Å². The first-order chi connectivity index (χ1) is 3.42. The summed E-state index contributed by atoms with van der Waals surface area (Å²) >= 11 is 5.76. The van der Waals surface area contributed by atoms with Crippen molar-refractivity contribution in [3.8, 4) is 0 Å². The van der Waals surface area contributed by atoms with Gasteiger partial charge in [0.15, 0.2) is 0 Å². The van der Waals surface area contributed by atoms with Crippen molar-refractivity contribution in [1.82, 2.24) is 0 Å². The molecule has 0 rings (SSSR count). The predicted molar refractivity (Wildman–Crippen MR) is 42.6 cm³/mol. The van der Waals surface area contributed by atoms with Crippen LogP contribution in [0.1, 0.15) is 20.8 Å². The highest BCUT2D eigenvalue weighted by Gasteiger charge is 2.12. The molecule has 0 atom stereocenters. The minimum atomic E-state index is 0.0255. The van der Waals surface area contributed by atoms with Crippen molar-refractivity contribution in [2.45, 2.75) is 25.5 Å². The predicted octanol–water partition coefficient (Wildman–Crippen LogP) is 2.36. The quantitative estimate of drug-likeness (QED) is 0.535. The third-order valence-electron chi connectivity index (χ3n) is 0.393. The Hall–Kier alpha value is 0.240. The van der Waals surface area contributed by atoms with Crippen LogP contribution >= 0.6 is 24.0 Å².